The van der Waals surface area contributed by atoms with Gasteiger partial charge in [0.25, 0.3) is 0 Å². The number of benzene rings is 1. The van der Waals surface area contributed by atoms with Gasteiger partial charge in [-0.25, -0.2) is 0 Å². The summed E-state index contributed by atoms with van der Waals surface area (Å²) in [6, 6.07) is 10.2. The number of para-hydroxylation sites is 1. The standard InChI is InChI=1S/C14H19N5O/c1-4-10-20-14-17-12(15-2)16-13(18-14)19(3)11-8-6-5-7-9-11/h5-9H,4,10H2,1-3H3,(H,15,16,17,18). The molecule has 1 N–H and O–H groups in total. The molecule has 0 atom stereocenters. The van der Waals surface area contributed by atoms with Crippen LogP contribution >= 0.6 is 0 Å². The van der Waals surface area contributed by atoms with Crippen LogP contribution in [0.4, 0.5) is 17.6 Å². The lowest BCUT2D eigenvalue weighted by Gasteiger charge is -2.18. The van der Waals surface area contributed by atoms with E-state index >= 15 is 0 Å². The van der Waals surface area contributed by atoms with Crippen LogP contribution in [0.5, 0.6) is 6.01 Å². The summed E-state index contributed by atoms with van der Waals surface area (Å²) >= 11 is 0. The normalized spacial score (nSPS) is 10.2. The highest BCUT2D eigenvalue weighted by molar-refractivity contribution is 5.56. The zero-order valence-corrected chi connectivity index (χ0v) is 12.0. The second-order valence-corrected chi connectivity index (χ2v) is 4.23. The Morgan fingerprint density at radius 2 is 1.90 bits per heavy atom. The largest absolute Gasteiger partial charge is 0.463 e. The lowest BCUT2D eigenvalue weighted by Crippen LogP contribution is -2.15. The highest BCUT2D eigenvalue weighted by Crippen LogP contribution is 2.21. The Morgan fingerprint density at radius 1 is 1.15 bits per heavy atom. The summed E-state index contributed by atoms with van der Waals surface area (Å²) in [7, 11) is 3.68. The second-order valence-electron chi connectivity index (χ2n) is 4.23. The molecule has 106 valence electrons. The third-order valence-corrected chi connectivity index (χ3v) is 2.71. The molecule has 1 heterocycles. The van der Waals surface area contributed by atoms with Crippen LogP contribution in [0, 0.1) is 0 Å². The van der Waals surface area contributed by atoms with Gasteiger partial charge >= 0.3 is 6.01 Å². The van der Waals surface area contributed by atoms with Gasteiger partial charge in [0.05, 0.1) is 6.61 Å². The summed E-state index contributed by atoms with van der Waals surface area (Å²) in [5.41, 5.74) is 1.00. The van der Waals surface area contributed by atoms with Crippen molar-refractivity contribution in [3.63, 3.8) is 0 Å². The van der Waals surface area contributed by atoms with Crippen molar-refractivity contribution in [3.05, 3.63) is 30.3 Å². The van der Waals surface area contributed by atoms with Crippen molar-refractivity contribution in [2.75, 3.05) is 30.9 Å². The lowest BCUT2D eigenvalue weighted by atomic mass is 10.3. The van der Waals surface area contributed by atoms with Crippen molar-refractivity contribution in [1.29, 1.82) is 0 Å². The lowest BCUT2D eigenvalue weighted by molar-refractivity contribution is 0.292. The van der Waals surface area contributed by atoms with E-state index in [9.17, 15) is 0 Å². The first-order chi connectivity index (χ1) is 9.74. The zero-order valence-electron chi connectivity index (χ0n) is 12.0. The molecule has 1 aromatic carbocycles. The Balaban J connectivity index is 2.30. The molecule has 2 rings (SSSR count). The molecule has 20 heavy (non-hydrogen) atoms. The van der Waals surface area contributed by atoms with Crippen molar-refractivity contribution in [3.8, 4) is 6.01 Å². The monoisotopic (exact) mass is 273 g/mol. The van der Waals surface area contributed by atoms with E-state index in [0.29, 0.717) is 24.5 Å². The Labute approximate surface area is 118 Å². The average Bonchev–Trinajstić information content (AvgIpc) is 2.52. The maximum atomic E-state index is 5.50. The van der Waals surface area contributed by atoms with Crippen LogP contribution < -0.4 is 15.0 Å². The molecule has 0 aliphatic carbocycles. The average molecular weight is 273 g/mol. The molecule has 0 saturated carbocycles. The van der Waals surface area contributed by atoms with Crippen LogP contribution in [0.25, 0.3) is 0 Å². The van der Waals surface area contributed by atoms with Gasteiger partial charge in [-0.05, 0) is 18.6 Å². The predicted molar refractivity (Wildman–Crippen MR) is 79.7 cm³/mol. The maximum absolute atomic E-state index is 5.50. The minimum Gasteiger partial charge on any atom is -0.463 e. The number of anilines is 3. The van der Waals surface area contributed by atoms with Gasteiger partial charge in [-0.15, -0.1) is 0 Å². The highest BCUT2D eigenvalue weighted by atomic mass is 16.5. The predicted octanol–water partition coefficient (Wildman–Crippen LogP) is 2.47. The third kappa shape index (κ3) is 3.34. The Hall–Kier alpha value is -2.37. The minimum absolute atomic E-state index is 0.337. The van der Waals surface area contributed by atoms with E-state index in [0.717, 1.165) is 12.1 Å². The molecule has 0 amide bonds. The number of nitrogens with one attached hydrogen (secondary N) is 1. The number of hydrogen-bond donors (Lipinski definition) is 1. The van der Waals surface area contributed by atoms with Gasteiger partial charge < -0.3 is 15.0 Å². The summed E-state index contributed by atoms with van der Waals surface area (Å²) in [6.07, 6.45) is 0.907. The second kappa shape index (κ2) is 6.70. The first-order valence-corrected chi connectivity index (χ1v) is 6.60. The topological polar surface area (TPSA) is 63.2 Å². The molecule has 0 bridgehead atoms. The third-order valence-electron chi connectivity index (χ3n) is 2.71. The molecule has 2 aromatic rings. The Morgan fingerprint density at radius 3 is 2.55 bits per heavy atom. The smallest absolute Gasteiger partial charge is 0.323 e. The molecule has 0 aliphatic heterocycles. The number of nitrogens with zero attached hydrogens (tertiary/aromatic N) is 4. The number of aromatic nitrogens is 3. The van der Waals surface area contributed by atoms with Gasteiger partial charge in [0.1, 0.15) is 0 Å². The van der Waals surface area contributed by atoms with Crippen LogP contribution in [-0.2, 0) is 0 Å². The van der Waals surface area contributed by atoms with Gasteiger partial charge in [-0.2, -0.15) is 15.0 Å². The van der Waals surface area contributed by atoms with Crippen LogP contribution in [0.3, 0.4) is 0 Å². The maximum Gasteiger partial charge on any atom is 0.323 e. The van der Waals surface area contributed by atoms with E-state index in [1.807, 2.05) is 49.2 Å². The van der Waals surface area contributed by atoms with Crippen LogP contribution in [0.15, 0.2) is 30.3 Å². The van der Waals surface area contributed by atoms with Gasteiger partial charge in [-0.3, -0.25) is 0 Å². The minimum atomic E-state index is 0.337. The number of rotatable bonds is 6. The van der Waals surface area contributed by atoms with Crippen LogP contribution in [-0.4, -0.2) is 35.7 Å². The summed E-state index contributed by atoms with van der Waals surface area (Å²) in [5, 5.41) is 2.92. The molecule has 0 saturated heterocycles. The number of ether oxygens (including phenoxy) is 1. The molecule has 1 aromatic heterocycles. The molecule has 0 unspecified atom stereocenters. The molecular formula is C14H19N5O. The Kier molecular flexibility index (Phi) is 4.70. The fourth-order valence-corrected chi connectivity index (χ4v) is 1.63. The quantitative estimate of drug-likeness (QED) is 0.872. The van der Waals surface area contributed by atoms with E-state index in [1.165, 1.54) is 0 Å². The Bertz CT molecular complexity index is 547. The molecule has 0 aliphatic rings. The van der Waals surface area contributed by atoms with Crippen LogP contribution in [0.1, 0.15) is 13.3 Å². The highest BCUT2D eigenvalue weighted by Gasteiger charge is 2.11. The van der Waals surface area contributed by atoms with Crippen molar-refractivity contribution in [1.82, 2.24) is 15.0 Å². The first-order valence-electron chi connectivity index (χ1n) is 6.60. The van der Waals surface area contributed by atoms with Crippen molar-refractivity contribution >= 4 is 17.6 Å². The summed E-state index contributed by atoms with van der Waals surface area (Å²) in [5.74, 6) is 1.03. The molecule has 0 spiro atoms. The van der Waals surface area contributed by atoms with E-state index in [1.54, 1.807) is 7.05 Å². The molecular weight excluding hydrogens is 254 g/mol. The van der Waals surface area contributed by atoms with Crippen molar-refractivity contribution in [2.24, 2.45) is 0 Å². The van der Waals surface area contributed by atoms with Gasteiger partial charge in [-0.1, -0.05) is 25.1 Å². The van der Waals surface area contributed by atoms with Gasteiger partial charge in [0.15, 0.2) is 0 Å². The fraction of sp³-hybridized carbons (Fsp3) is 0.357. The van der Waals surface area contributed by atoms with E-state index < -0.39 is 0 Å². The zero-order chi connectivity index (χ0) is 14.4. The van der Waals surface area contributed by atoms with Crippen molar-refractivity contribution < 1.29 is 4.74 Å². The summed E-state index contributed by atoms with van der Waals surface area (Å²) in [4.78, 5) is 14.8. The molecule has 0 fully saturated rings. The fourth-order valence-electron chi connectivity index (χ4n) is 1.63. The number of hydrogen-bond acceptors (Lipinski definition) is 6. The molecule has 0 radical (unpaired) electrons. The van der Waals surface area contributed by atoms with Crippen molar-refractivity contribution in [2.45, 2.75) is 13.3 Å². The molecule has 6 heteroatoms. The summed E-state index contributed by atoms with van der Waals surface area (Å²) < 4.78 is 5.50. The SMILES string of the molecule is CCCOc1nc(NC)nc(N(C)c2ccccc2)n1. The molecule has 6 nitrogen and oxygen atoms in total. The van der Waals surface area contributed by atoms with Gasteiger partial charge in [0.2, 0.25) is 11.9 Å². The van der Waals surface area contributed by atoms with Crippen LogP contribution in [0.2, 0.25) is 0 Å². The summed E-state index contributed by atoms with van der Waals surface area (Å²) in [6.45, 7) is 2.62. The van der Waals surface area contributed by atoms with E-state index in [2.05, 4.69) is 20.3 Å². The van der Waals surface area contributed by atoms with Gasteiger partial charge in [0, 0.05) is 19.8 Å². The first kappa shape index (κ1) is 14.0. The van der Waals surface area contributed by atoms with E-state index in [-0.39, 0.29) is 0 Å². The van der Waals surface area contributed by atoms with E-state index in [4.69, 9.17) is 4.74 Å².